The summed E-state index contributed by atoms with van der Waals surface area (Å²) in [5.74, 6) is -0.0394. The molecule has 2 aromatic rings. The van der Waals surface area contributed by atoms with Gasteiger partial charge in [-0.05, 0) is 32.0 Å². The molecule has 7 heteroatoms. The van der Waals surface area contributed by atoms with Gasteiger partial charge in [0.15, 0.2) is 0 Å². The lowest BCUT2D eigenvalue weighted by molar-refractivity contribution is -0.0497. The average molecular weight is 316 g/mol. The van der Waals surface area contributed by atoms with Crippen LogP contribution in [0.1, 0.15) is 24.2 Å². The van der Waals surface area contributed by atoms with Gasteiger partial charge < -0.3 is 10.1 Å². The summed E-state index contributed by atoms with van der Waals surface area (Å²) in [4.78, 5) is 0. The molecule has 0 radical (unpaired) electrons. The number of rotatable bonds is 5. The van der Waals surface area contributed by atoms with Crippen LogP contribution < -0.4 is 10.1 Å². The Morgan fingerprint density at radius 3 is 2.62 bits per heavy atom. The third-order valence-electron chi connectivity index (χ3n) is 3.05. The molecular weight excluding hydrogens is 300 g/mol. The number of anilines is 1. The van der Waals surface area contributed by atoms with Crippen molar-refractivity contribution in [3.05, 3.63) is 40.7 Å². The lowest BCUT2D eigenvalue weighted by Crippen LogP contribution is -2.07. The zero-order valence-electron chi connectivity index (χ0n) is 11.9. The average Bonchev–Trinajstić information content (AvgIpc) is 2.71. The summed E-state index contributed by atoms with van der Waals surface area (Å²) in [5.41, 5.74) is 2.71. The molecule has 0 aliphatic heterocycles. The van der Waals surface area contributed by atoms with Gasteiger partial charge in [0, 0.05) is 24.5 Å². The highest BCUT2D eigenvalue weighted by Gasteiger charge is 2.13. The number of alkyl halides is 2. The molecule has 4 nitrogen and oxygen atoms in total. The number of benzene rings is 1. The molecule has 21 heavy (non-hydrogen) atoms. The molecule has 1 unspecified atom stereocenters. The number of ether oxygens (including phenoxy) is 1. The Kier molecular flexibility index (Phi) is 4.67. The number of aromatic nitrogens is 2. The van der Waals surface area contributed by atoms with E-state index >= 15 is 0 Å². The highest BCUT2D eigenvalue weighted by Crippen LogP contribution is 2.30. The quantitative estimate of drug-likeness (QED) is 0.900. The number of aryl methyl sites for hydroxylation is 2. The molecule has 0 fully saturated rings. The monoisotopic (exact) mass is 315 g/mol. The van der Waals surface area contributed by atoms with E-state index in [1.54, 1.807) is 16.8 Å². The Labute approximate surface area is 126 Å². The largest absolute Gasteiger partial charge is 0.433 e. The standard InChI is InChI=1S/C14H16ClF2N3O/c1-8(11-7-20(3)19-9(11)2)18-10-4-5-13(12(15)6-10)21-14(16)17/h4-8,14,18H,1-3H3. The predicted octanol–water partition coefficient (Wildman–Crippen LogP) is 4.16. The normalized spacial score (nSPS) is 12.5. The third-order valence-corrected chi connectivity index (χ3v) is 3.34. The summed E-state index contributed by atoms with van der Waals surface area (Å²) in [6.07, 6.45) is 1.93. The molecular formula is C14H16ClF2N3O. The van der Waals surface area contributed by atoms with Gasteiger partial charge in [-0.25, -0.2) is 0 Å². The first-order valence-corrected chi connectivity index (χ1v) is 6.75. The van der Waals surface area contributed by atoms with Crippen molar-refractivity contribution in [1.29, 1.82) is 0 Å². The lowest BCUT2D eigenvalue weighted by atomic mass is 10.1. The fraction of sp³-hybridized carbons (Fsp3) is 0.357. The molecule has 0 amide bonds. The van der Waals surface area contributed by atoms with Crippen LogP contribution in [-0.2, 0) is 7.05 Å². The van der Waals surface area contributed by atoms with Crippen molar-refractivity contribution >= 4 is 17.3 Å². The van der Waals surface area contributed by atoms with Crippen molar-refractivity contribution in [3.63, 3.8) is 0 Å². The number of halogens is 3. The molecule has 2 rings (SSSR count). The first-order valence-electron chi connectivity index (χ1n) is 6.38. The number of nitrogens with one attached hydrogen (secondary N) is 1. The molecule has 0 bridgehead atoms. The van der Waals surface area contributed by atoms with Crippen molar-refractivity contribution in [3.8, 4) is 5.75 Å². The maximum Gasteiger partial charge on any atom is 0.387 e. The van der Waals surface area contributed by atoms with E-state index in [0.717, 1.165) is 16.9 Å². The minimum Gasteiger partial charge on any atom is -0.433 e. The molecule has 1 N–H and O–H groups in total. The number of nitrogens with zero attached hydrogens (tertiary/aromatic N) is 2. The molecule has 1 aromatic heterocycles. The maximum absolute atomic E-state index is 12.2. The van der Waals surface area contributed by atoms with E-state index in [1.807, 2.05) is 27.1 Å². The molecule has 114 valence electrons. The van der Waals surface area contributed by atoms with Crippen LogP contribution in [0.3, 0.4) is 0 Å². The van der Waals surface area contributed by atoms with Crippen LogP contribution in [0.25, 0.3) is 0 Å². The molecule has 0 aliphatic carbocycles. The van der Waals surface area contributed by atoms with Gasteiger partial charge in [0.05, 0.1) is 16.8 Å². The fourth-order valence-electron chi connectivity index (χ4n) is 2.15. The van der Waals surface area contributed by atoms with Gasteiger partial charge >= 0.3 is 6.61 Å². The van der Waals surface area contributed by atoms with Gasteiger partial charge in [0.2, 0.25) is 0 Å². The topological polar surface area (TPSA) is 39.1 Å². The fourth-order valence-corrected chi connectivity index (χ4v) is 2.38. The summed E-state index contributed by atoms with van der Waals surface area (Å²) in [5, 5.41) is 7.67. The Balaban J connectivity index is 2.13. The summed E-state index contributed by atoms with van der Waals surface area (Å²) in [6, 6.07) is 4.63. The molecule has 0 saturated carbocycles. The molecule has 0 aliphatic rings. The minimum absolute atomic E-state index is 0.0108. The third kappa shape index (κ3) is 3.85. The van der Waals surface area contributed by atoms with Crippen molar-refractivity contribution in [2.45, 2.75) is 26.5 Å². The molecule has 1 aromatic carbocycles. The maximum atomic E-state index is 12.2. The van der Waals surface area contributed by atoms with E-state index in [0.29, 0.717) is 0 Å². The van der Waals surface area contributed by atoms with E-state index in [4.69, 9.17) is 11.6 Å². The van der Waals surface area contributed by atoms with Crippen LogP contribution in [0.2, 0.25) is 5.02 Å². The Morgan fingerprint density at radius 1 is 1.38 bits per heavy atom. The first kappa shape index (κ1) is 15.6. The first-order chi connectivity index (χ1) is 9.86. The van der Waals surface area contributed by atoms with Crippen LogP contribution in [0, 0.1) is 6.92 Å². The second kappa shape index (κ2) is 6.30. The van der Waals surface area contributed by atoms with Crippen LogP contribution >= 0.6 is 11.6 Å². The molecule has 1 atom stereocenters. The van der Waals surface area contributed by atoms with Crippen molar-refractivity contribution in [2.75, 3.05) is 5.32 Å². The lowest BCUT2D eigenvalue weighted by Gasteiger charge is -2.16. The van der Waals surface area contributed by atoms with Gasteiger partial charge in [-0.3, -0.25) is 4.68 Å². The van der Waals surface area contributed by atoms with Crippen LogP contribution in [0.5, 0.6) is 5.75 Å². The highest BCUT2D eigenvalue weighted by molar-refractivity contribution is 6.32. The van der Waals surface area contributed by atoms with E-state index in [1.165, 1.54) is 6.07 Å². The van der Waals surface area contributed by atoms with Crippen molar-refractivity contribution < 1.29 is 13.5 Å². The summed E-state index contributed by atoms with van der Waals surface area (Å²) < 4.78 is 30.4. The predicted molar refractivity (Wildman–Crippen MR) is 78.1 cm³/mol. The zero-order chi connectivity index (χ0) is 15.6. The molecule has 0 saturated heterocycles. The number of hydrogen-bond donors (Lipinski definition) is 1. The summed E-state index contributed by atoms with van der Waals surface area (Å²) >= 11 is 5.92. The number of hydrogen-bond acceptors (Lipinski definition) is 3. The van der Waals surface area contributed by atoms with E-state index in [2.05, 4.69) is 15.2 Å². The van der Waals surface area contributed by atoms with Gasteiger partial charge in [-0.15, -0.1) is 0 Å². The van der Waals surface area contributed by atoms with Gasteiger partial charge in [0.25, 0.3) is 0 Å². The highest BCUT2D eigenvalue weighted by atomic mass is 35.5. The van der Waals surface area contributed by atoms with Gasteiger partial charge in [-0.1, -0.05) is 11.6 Å². The molecule has 0 spiro atoms. The minimum atomic E-state index is -2.89. The zero-order valence-corrected chi connectivity index (χ0v) is 12.7. The van der Waals surface area contributed by atoms with E-state index in [-0.39, 0.29) is 16.8 Å². The SMILES string of the molecule is Cc1nn(C)cc1C(C)Nc1ccc(OC(F)F)c(Cl)c1. The van der Waals surface area contributed by atoms with Gasteiger partial charge in [-0.2, -0.15) is 13.9 Å². The van der Waals surface area contributed by atoms with E-state index in [9.17, 15) is 8.78 Å². The Bertz CT molecular complexity index is 631. The van der Waals surface area contributed by atoms with E-state index < -0.39 is 6.61 Å². The van der Waals surface area contributed by atoms with Crippen LogP contribution in [0.15, 0.2) is 24.4 Å². The summed E-state index contributed by atoms with van der Waals surface area (Å²) in [6.45, 7) is 1.03. The van der Waals surface area contributed by atoms with Crippen molar-refractivity contribution in [1.82, 2.24) is 9.78 Å². The van der Waals surface area contributed by atoms with Crippen LogP contribution in [-0.4, -0.2) is 16.4 Å². The van der Waals surface area contributed by atoms with Crippen LogP contribution in [0.4, 0.5) is 14.5 Å². The second-order valence-electron chi connectivity index (χ2n) is 4.73. The van der Waals surface area contributed by atoms with Gasteiger partial charge in [0.1, 0.15) is 5.75 Å². The van der Waals surface area contributed by atoms with Crippen molar-refractivity contribution in [2.24, 2.45) is 7.05 Å². The Hall–Kier alpha value is -1.82. The second-order valence-corrected chi connectivity index (χ2v) is 5.14. The Morgan fingerprint density at radius 2 is 2.10 bits per heavy atom. The summed E-state index contributed by atoms with van der Waals surface area (Å²) in [7, 11) is 1.86. The molecule has 1 heterocycles. The smallest absolute Gasteiger partial charge is 0.387 e.